The lowest BCUT2D eigenvalue weighted by Gasteiger charge is -2.10. The number of nitrogens with zero attached hydrogens (tertiary/aromatic N) is 2. The molecule has 2 aromatic heterocycles. The Morgan fingerprint density at radius 3 is 1.90 bits per heavy atom. The summed E-state index contributed by atoms with van der Waals surface area (Å²) in [6, 6.07) is 14.9. The van der Waals surface area contributed by atoms with Crippen molar-refractivity contribution in [2.24, 2.45) is 0 Å². The number of benzene rings is 3. The summed E-state index contributed by atoms with van der Waals surface area (Å²) in [4.78, 5) is 11.1. The fraction of sp³-hybridized carbons (Fsp3) is 0.154. The minimum absolute atomic E-state index is 0.00384. The zero-order valence-corrected chi connectivity index (χ0v) is 22.4. The molecule has 0 saturated carbocycles. The Labute approximate surface area is 223 Å². The van der Waals surface area contributed by atoms with Gasteiger partial charge in [0.1, 0.15) is 23.0 Å². The number of sulfone groups is 2. The Kier molecular flexibility index (Phi) is 6.64. The molecule has 0 unspecified atom stereocenters. The molecule has 39 heavy (non-hydrogen) atoms. The van der Waals surface area contributed by atoms with Crippen molar-refractivity contribution in [3.05, 3.63) is 77.6 Å². The lowest BCUT2D eigenvalue weighted by Crippen LogP contribution is -2.15. The number of methoxy groups -OCH3 is 2. The van der Waals surface area contributed by atoms with Gasteiger partial charge in [-0.2, -0.15) is 0 Å². The van der Waals surface area contributed by atoms with Gasteiger partial charge in [-0.1, -0.05) is 24.3 Å². The predicted octanol–water partition coefficient (Wildman–Crippen LogP) is 3.80. The van der Waals surface area contributed by atoms with Crippen LogP contribution in [0.15, 0.2) is 70.8 Å². The van der Waals surface area contributed by atoms with Gasteiger partial charge in [0.05, 0.1) is 42.3 Å². The molecule has 202 valence electrons. The van der Waals surface area contributed by atoms with Crippen molar-refractivity contribution in [1.29, 1.82) is 0 Å². The van der Waals surface area contributed by atoms with E-state index in [9.17, 15) is 21.2 Å². The van der Waals surface area contributed by atoms with E-state index < -0.39 is 47.2 Å². The van der Waals surface area contributed by atoms with Gasteiger partial charge in [-0.15, -0.1) is 0 Å². The highest BCUT2D eigenvalue weighted by Gasteiger charge is 2.29. The molecule has 13 heteroatoms. The molecule has 0 aliphatic carbocycles. The van der Waals surface area contributed by atoms with Crippen LogP contribution in [0.5, 0.6) is 11.5 Å². The Balaban J connectivity index is 1.69. The monoisotopic (exact) mass is 570 g/mol. The van der Waals surface area contributed by atoms with Crippen LogP contribution in [0.3, 0.4) is 0 Å². The molecule has 0 atom stereocenters. The molecule has 0 aliphatic heterocycles. The first-order valence-corrected chi connectivity index (χ1v) is 14.8. The first-order valence-electron chi connectivity index (χ1n) is 11.5. The third-order valence-corrected chi connectivity index (χ3v) is 9.16. The average molecular weight is 571 g/mol. The molecule has 2 heterocycles. The predicted molar refractivity (Wildman–Crippen MR) is 144 cm³/mol. The van der Waals surface area contributed by atoms with Gasteiger partial charge in [-0.25, -0.2) is 31.2 Å². The standard InChI is InChI=1S/C26H23FN4O6S2/c1-36-18-7-3-15(4-8-18)13-38(32,33)25-22-20-11-17(27)12-21(28)23(20)29-24(22)30-26(31-25)39(34,35)14-16-5-9-19(37-2)10-6-16/h3-12H,13-14,28H2,1-2H3,(H,29,30,31). The van der Waals surface area contributed by atoms with Gasteiger partial charge in [0.15, 0.2) is 5.03 Å². The summed E-state index contributed by atoms with van der Waals surface area (Å²) in [5.74, 6) is -0.606. The molecular formula is C26H23FN4O6S2. The van der Waals surface area contributed by atoms with Gasteiger partial charge < -0.3 is 20.2 Å². The fourth-order valence-electron chi connectivity index (χ4n) is 4.22. The van der Waals surface area contributed by atoms with Crippen LogP contribution >= 0.6 is 0 Å². The van der Waals surface area contributed by atoms with E-state index >= 15 is 0 Å². The number of rotatable bonds is 8. The number of hydrogen-bond acceptors (Lipinski definition) is 9. The number of ether oxygens (including phenoxy) is 2. The zero-order valence-electron chi connectivity index (χ0n) is 20.8. The van der Waals surface area contributed by atoms with E-state index in [0.29, 0.717) is 22.6 Å². The highest BCUT2D eigenvalue weighted by Crippen LogP contribution is 2.35. The van der Waals surface area contributed by atoms with E-state index in [4.69, 9.17) is 15.2 Å². The van der Waals surface area contributed by atoms with Crippen molar-refractivity contribution >= 4 is 47.3 Å². The third kappa shape index (κ3) is 5.10. The Bertz CT molecular complexity index is 1920. The molecule has 10 nitrogen and oxygen atoms in total. The maximum absolute atomic E-state index is 14.3. The summed E-state index contributed by atoms with van der Waals surface area (Å²) >= 11 is 0. The molecule has 0 radical (unpaired) electrons. The molecular weight excluding hydrogens is 547 g/mol. The second-order valence-corrected chi connectivity index (χ2v) is 12.6. The van der Waals surface area contributed by atoms with Crippen LogP contribution in [0.4, 0.5) is 10.1 Å². The van der Waals surface area contributed by atoms with E-state index in [0.717, 1.165) is 12.1 Å². The average Bonchev–Trinajstić information content (AvgIpc) is 3.27. The smallest absolute Gasteiger partial charge is 0.250 e. The first kappa shape index (κ1) is 26.4. The number of anilines is 1. The van der Waals surface area contributed by atoms with Crippen LogP contribution < -0.4 is 15.2 Å². The molecule has 0 saturated heterocycles. The topological polar surface area (TPSA) is 154 Å². The number of hydrogen-bond donors (Lipinski definition) is 2. The third-order valence-electron chi connectivity index (χ3n) is 6.11. The van der Waals surface area contributed by atoms with Crippen LogP contribution in [0.1, 0.15) is 11.1 Å². The largest absolute Gasteiger partial charge is 0.497 e. The zero-order chi connectivity index (χ0) is 27.9. The van der Waals surface area contributed by atoms with Gasteiger partial charge in [-0.05, 0) is 47.5 Å². The van der Waals surface area contributed by atoms with Crippen LogP contribution in [0.2, 0.25) is 0 Å². The lowest BCUT2D eigenvalue weighted by atomic mass is 10.2. The van der Waals surface area contributed by atoms with Gasteiger partial charge in [0.25, 0.3) is 5.16 Å². The van der Waals surface area contributed by atoms with Gasteiger partial charge >= 0.3 is 0 Å². The highest BCUT2D eigenvalue weighted by molar-refractivity contribution is 7.91. The van der Waals surface area contributed by atoms with E-state index in [1.165, 1.54) is 14.2 Å². The summed E-state index contributed by atoms with van der Waals surface area (Å²) in [5, 5.41) is -1.17. The molecule has 0 amide bonds. The number of aromatic nitrogens is 3. The fourth-order valence-corrected chi connectivity index (χ4v) is 7.01. The molecule has 0 bridgehead atoms. The quantitative estimate of drug-likeness (QED) is 0.161. The van der Waals surface area contributed by atoms with Crippen molar-refractivity contribution < 1.29 is 30.7 Å². The van der Waals surface area contributed by atoms with Gasteiger partial charge in [0.2, 0.25) is 19.7 Å². The molecule has 0 fully saturated rings. The second-order valence-electron chi connectivity index (χ2n) is 8.79. The summed E-state index contributed by atoms with van der Waals surface area (Å²) in [6.45, 7) is 0. The van der Waals surface area contributed by atoms with Crippen molar-refractivity contribution in [3.8, 4) is 11.5 Å². The molecule has 0 aliphatic rings. The van der Waals surface area contributed by atoms with Gasteiger partial charge in [-0.3, -0.25) is 0 Å². The number of nitrogen functional groups attached to an aromatic ring is 1. The SMILES string of the molecule is COc1ccc(CS(=O)(=O)c2nc(S(=O)(=O)Cc3ccc(OC)cc3)c3c(n2)[nH]c2c(N)cc(F)cc23)cc1. The van der Waals surface area contributed by atoms with Crippen molar-refractivity contribution in [1.82, 2.24) is 15.0 Å². The van der Waals surface area contributed by atoms with E-state index in [2.05, 4.69) is 15.0 Å². The number of halogens is 1. The minimum Gasteiger partial charge on any atom is -0.497 e. The van der Waals surface area contributed by atoms with E-state index in [1.807, 2.05) is 0 Å². The Hall–Kier alpha value is -4.23. The number of fused-ring (bicyclic) bond motifs is 3. The molecule has 5 rings (SSSR count). The van der Waals surface area contributed by atoms with E-state index in [1.54, 1.807) is 48.5 Å². The van der Waals surface area contributed by atoms with Crippen LogP contribution in [-0.4, -0.2) is 46.0 Å². The summed E-state index contributed by atoms with van der Waals surface area (Å²) in [7, 11) is -5.51. The van der Waals surface area contributed by atoms with Crippen LogP contribution in [0.25, 0.3) is 21.9 Å². The van der Waals surface area contributed by atoms with Crippen molar-refractivity contribution in [2.45, 2.75) is 21.7 Å². The lowest BCUT2D eigenvalue weighted by molar-refractivity contribution is 0.414. The van der Waals surface area contributed by atoms with Crippen molar-refractivity contribution in [3.63, 3.8) is 0 Å². The molecule has 3 aromatic carbocycles. The van der Waals surface area contributed by atoms with E-state index in [-0.39, 0.29) is 27.6 Å². The number of nitrogens with two attached hydrogens (primary N) is 1. The highest BCUT2D eigenvalue weighted by atomic mass is 32.2. The summed E-state index contributed by atoms with van der Waals surface area (Å²) < 4.78 is 78.7. The van der Waals surface area contributed by atoms with Crippen LogP contribution in [0, 0.1) is 5.82 Å². The Morgan fingerprint density at radius 2 is 1.36 bits per heavy atom. The number of aromatic amines is 1. The minimum atomic E-state index is -4.27. The maximum atomic E-state index is 14.3. The molecule has 3 N–H and O–H groups in total. The second kappa shape index (κ2) is 9.82. The molecule has 0 spiro atoms. The summed E-state index contributed by atoms with van der Waals surface area (Å²) in [6.07, 6.45) is 0. The Morgan fingerprint density at radius 1 is 0.821 bits per heavy atom. The normalized spacial score (nSPS) is 12.2. The number of H-pyrrole nitrogens is 1. The number of nitrogens with one attached hydrogen (secondary N) is 1. The maximum Gasteiger partial charge on any atom is 0.250 e. The summed E-state index contributed by atoms with van der Waals surface area (Å²) in [5.41, 5.74) is 6.93. The van der Waals surface area contributed by atoms with Crippen LogP contribution in [-0.2, 0) is 31.2 Å². The van der Waals surface area contributed by atoms with Gasteiger partial charge in [0, 0.05) is 5.39 Å². The first-order chi connectivity index (χ1) is 18.5. The van der Waals surface area contributed by atoms with Crippen molar-refractivity contribution in [2.75, 3.05) is 20.0 Å². The molecule has 5 aromatic rings.